The van der Waals surface area contributed by atoms with Gasteiger partial charge in [-0.05, 0) is 43.3 Å². The van der Waals surface area contributed by atoms with Crippen LogP contribution in [0.5, 0.6) is 0 Å². The largest absolute Gasteiger partial charge is 0.348 e. The highest BCUT2D eigenvalue weighted by Gasteiger charge is 2.23. The molecular weight excluding hydrogens is 280 g/mol. The minimum absolute atomic E-state index is 0.0820. The molecule has 3 nitrogen and oxygen atoms in total. The van der Waals surface area contributed by atoms with E-state index in [1.807, 2.05) is 18.4 Å². The zero-order chi connectivity index (χ0) is 13.8. The molecule has 0 aromatic heterocycles. The van der Waals surface area contributed by atoms with Crippen molar-refractivity contribution in [1.29, 1.82) is 0 Å². The van der Waals surface area contributed by atoms with E-state index in [0.29, 0.717) is 16.5 Å². The summed E-state index contributed by atoms with van der Waals surface area (Å²) in [6, 6.07) is 5.73. The highest BCUT2D eigenvalue weighted by atomic mass is 35.5. The lowest BCUT2D eigenvalue weighted by Gasteiger charge is -2.30. The summed E-state index contributed by atoms with van der Waals surface area (Å²) < 4.78 is 0. The Morgan fingerprint density at radius 3 is 3.00 bits per heavy atom. The molecule has 0 aliphatic carbocycles. The smallest absolute Gasteiger partial charge is 0.253 e. The van der Waals surface area contributed by atoms with Crippen molar-refractivity contribution >= 4 is 29.3 Å². The van der Waals surface area contributed by atoms with Gasteiger partial charge in [0, 0.05) is 17.5 Å². The Labute approximate surface area is 123 Å². The van der Waals surface area contributed by atoms with Gasteiger partial charge < -0.3 is 10.6 Å². The lowest BCUT2D eigenvalue weighted by Crippen LogP contribution is -2.50. The molecule has 0 saturated carbocycles. The van der Waals surface area contributed by atoms with E-state index in [1.54, 1.807) is 17.8 Å². The van der Waals surface area contributed by atoms with Crippen molar-refractivity contribution in [1.82, 2.24) is 10.6 Å². The van der Waals surface area contributed by atoms with Crippen LogP contribution >= 0.6 is 23.4 Å². The van der Waals surface area contributed by atoms with Gasteiger partial charge >= 0.3 is 0 Å². The number of rotatable bonds is 3. The normalized spacial score (nSPS) is 23.1. The fourth-order valence-electron chi connectivity index (χ4n) is 2.23. The molecule has 1 heterocycles. The van der Waals surface area contributed by atoms with Crippen LogP contribution in [0.15, 0.2) is 23.1 Å². The SMILES string of the molecule is CSc1ccc(Cl)c(C(=O)NC2CNCCC2C)c1. The first-order chi connectivity index (χ1) is 9.11. The molecule has 1 aromatic rings. The maximum Gasteiger partial charge on any atom is 0.253 e. The molecule has 0 spiro atoms. The summed E-state index contributed by atoms with van der Waals surface area (Å²) in [7, 11) is 0. The third kappa shape index (κ3) is 3.65. The zero-order valence-electron chi connectivity index (χ0n) is 11.2. The summed E-state index contributed by atoms with van der Waals surface area (Å²) in [4.78, 5) is 13.4. The molecule has 1 aromatic carbocycles. The highest BCUT2D eigenvalue weighted by Crippen LogP contribution is 2.23. The van der Waals surface area contributed by atoms with E-state index < -0.39 is 0 Å². The van der Waals surface area contributed by atoms with Gasteiger partial charge in [0.1, 0.15) is 0 Å². The molecule has 1 aliphatic heterocycles. The van der Waals surface area contributed by atoms with Crippen LogP contribution in [0.3, 0.4) is 0 Å². The van der Waals surface area contributed by atoms with Gasteiger partial charge in [0.25, 0.3) is 5.91 Å². The van der Waals surface area contributed by atoms with Gasteiger partial charge in [0.2, 0.25) is 0 Å². The Kier molecular flexibility index (Phi) is 5.13. The Balaban J connectivity index is 2.10. The highest BCUT2D eigenvalue weighted by molar-refractivity contribution is 7.98. The fourth-order valence-corrected chi connectivity index (χ4v) is 2.88. The minimum atomic E-state index is -0.0820. The number of amides is 1. The number of piperidine rings is 1. The van der Waals surface area contributed by atoms with E-state index in [1.165, 1.54) is 0 Å². The molecular formula is C14H19ClN2OS. The first-order valence-corrected chi connectivity index (χ1v) is 8.07. The molecule has 0 radical (unpaired) electrons. The summed E-state index contributed by atoms with van der Waals surface area (Å²) in [6.45, 7) is 4.02. The van der Waals surface area contributed by atoms with Crippen molar-refractivity contribution < 1.29 is 4.79 Å². The number of halogens is 1. The molecule has 0 bridgehead atoms. The van der Waals surface area contributed by atoms with Gasteiger partial charge in [-0.1, -0.05) is 18.5 Å². The predicted octanol–water partition coefficient (Wildman–Crippen LogP) is 2.79. The van der Waals surface area contributed by atoms with Gasteiger partial charge in [0.15, 0.2) is 0 Å². The van der Waals surface area contributed by atoms with E-state index in [2.05, 4.69) is 17.6 Å². The topological polar surface area (TPSA) is 41.1 Å². The van der Waals surface area contributed by atoms with Crippen LogP contribution < -0.4 is 10.6 Å². The van der Waals surface area contributed by atoms with Crippen LogP contribution in [0.2, 0.25) is 5.02 Å². The molecule has 5 heteroatoms. The number of hydrogen-bond donors (Lipinski definition) is 2. The second-order valence-electron chi connectivity index (χ2n) is 4.90. The molecule has 1 saturated heterocycles. The lowest BCUT2D eigenvalue weighted by atomic mass is 9.94. The number of nitrogens with one attached hydrogen (secondary N) is 2. The summed E-state index contributed by atoms with van der Waals surface area (Å²) in [5, 5.41) is 6.90. The number of hydrogen-bond acceptors (Lipinski definition) is 3. The van der Waals surface area contributed by atoms with Gasteiger partial charge in [0.05, 0.1) is 10.6 Å². The number of carbonyl (C=O) groups is 1. The molecule has 1 aliphatic rings. The zero-order valence-corrected chi connectivity index (χ0v) is 12.8. The Morgan fingerprint density at radius 1 is 1.53 bits per heavy atom. The summed E-state index contributed by atoms with van der Waals surface area (Å²) in [5.74, 6) is 0.411. The molecule has 1 amide bonds. The fraction of sp³-hybridized carbons (Fsp3) is 0.500. The number of carbonyl (C=O) groups excluding carboxylic acids is 1. The average Bonchev–Trinajstić information content (AvgIpc) is 2.42. The molecule has 2 N–H and O–H groups in total. The Morgan fingerprint density at radius 2 is 2.32 bits per heavy atom. The monoisotopic (exact) mass is 298 g/mol. The van der Waals surface area contributed by atoms with E-state index >= 15 is 0 Å². The van der Waals surface area contributed by atoms with Crippen LogP contribution in [0, 0.1) is 5.92 Å². The van der Waals surface area contributed by atoms with Crippen molar-refractivity contribution in [2.75, 3.05) is 19.3 Å². The Hall–Kier alpha value is -0.710. The van der Waals surface area contributed by atoms with E-state index in [0.717, 1.165) is 24.4 Å². The third-order valence-corrected chi connectivity index (χ3v) is 4.62. The van der Waals surface area contributed by atoms with Crippen molar-refractivity contribution in [3.05, 3.63) is 28.8 Å². The maximum absolute atomic E-state index is 12.3. The van der Waals surface area contributed by atoms with Gasteiger partial charge in [-0.3, -0.25) is 4.79 Å². The molecule has 2 unspecified atom stereocenters. The summed E-state index contributed by atoms with van der Waals surface area (Å²) in [6.07, 6.45) is 3.07. The Bertz CT molecular complexity index is 467. The second-order valence-corrected chi connectivity index (χ2v) is 6.18. The van der Waals surface area contributed by atoms with Crippen molar-refractivity contribution in [2.45, 2.75) is 24.3 Å². The third-order valence-electron chi connectivity index (χ3n) is 3.56. The molecule has 2 atom stereocenters. The van der Waals surface area contributed by atoms with Crippen molar-refractivity contribution in [3.63, 3.8) is 0 Å². The molecule has 1 fully saturated rings. The quantitative estimate of drug-likeness (QED) is 0.843. The standard InChI is InChI=1S/C14H19ClN2OS/c1-9-5-6-16-8-13(9)17-14(18)11-7-10(19-2)3-4-12(11)15/h3-4,7,9,13,16H,5-6,8H2,1-2H3,(H,17,18). The van der Waals surface area contributed by atoms with E-state index in [-0.39, 0.29) is 11.9 Å². The maximum atomic E-state index is 12.3. The van der Waals surface area contributed by atoms with Gasteiger partial charge in [-0.25, -0.2) is 0 Å². The molecule has 104 valence electrons. The lowest BCUT2D eigenvalue weighted by molar-refractivity contribution is 0.0915. The van der Waals surface area contributed by atoms with Gasteiger partial charge in [-0.15, -0.1) is 11.8 Å². The second kappa shape index (κ2) is 6.64. The molecule has 19 heavy (non-hydrogen) atoms. The summed E-state index contributed by atoms with van der Waals surface area (Å²) >= 11 is 7.72. The van der Waals surface area contributed by atoms with Crippen molar-refractivity contribution in [2.24, 2.45) is 5.92 Å². The first-order valence-electron chi connectivity index (χ1n) is 6.47. The number of benzene rings is 1. The van der Waals surface area contributed by atoms with Crippen LogP contribution in [-0.4, -0.2) is 31.3 Å². The van der Waals surface area contributed by atoms with E-state index in [9.17, 15) is 4.79 Å². The van der Waals surface area contributed by atoms with E-state index in [4.69, 9.17) is 11.6 Å². The molecule has 2 rings (SSSR count). The van der Waals surface area contributed by atoms with Crippen LogP contribution in [0.4, 0.5) is 0 Å². The first kappa shape index (κ1) is 14.7. The minimum Gasteiger partial charge on any atom is -0.348 e. The van der Waals surface area contributed by atoms with Crippen LogP contribution in [-0.2, 0) is 0 Å². The predicted molar refractivity (Wildman–Crippen MR) is 81.1 cm³/mol. The summed E-state index contributed by atoms with van der Waals surface area (Å²) in [5.41, 5.74) is 0.561. The van der Waals surface area contributed by atoms with Crippen molar-refractivity contribution in [3.8, 4) is 0 Å². The van der Waals surface area contributed by atoms with Crippen LogP contribution in [0.1, 0.15) is 23.7 Å². The average molecular weight is 299 g/mol. The number of thioether (sulfide) groups is 1. The van der Waals surface area contributed by atoms with Gasteiger partial charge in [-0.2, -0.15) is 0 Å². The van der Waals surface area contributed by atoms with Crippen LogP contribution in [0.25, 0.3) is 0 Å².